The summed E-state index contributed by atoms with van der Waals surface area (Å²) in [5, 5.41) is 5.13. The van der Waals surface area contributed by atoms with Crippen molar-refractivity contribution in [1.82, 2.24) is 14.8 Å². The zero-order chi connectivity index (χ0) is 11.7. The molecule has 0 aliphatic rings. The molecule has 2 aromatic heterocycles. The molecule has 0 amide bonds. The highest BCUT2D eigenvalue weighted by Gasteiger charge is 2.11. The Bertz CT molecular complexity index is 525. The topological polar surface area (TPSA) is 39.9 Å². The van der Waals surface area contributed by atoms with Crippen LogP contribution in [0.5, 0.6) is 5.88 Å². The fourth-order valence-corrected chi connectivity index (χ4v) is 1.78. The molecule has 0 aromatic carbocycles. The highest BCUT2D eigenvalue weighted by Crippen LogP contribution is 2.23. The van der Waals surface area contributed by atoms with Gasteiger partial charge in [-0.3, -0.25) is 0 Å². The van der Waals surface area contributed by atoms with Crippen LogP contribution in [0.25, 0.3) is 5.82 Å². The summed E-state index contributed by atoms with van der Waals surface area (Å²) in [4.78, 5) is 4.14. The Kier molecular flexibility index (Phi) is 3.03. The van der Waals surface area contributed by atoms with Gasteiger partial charge in [-0.15, -0.1) is 5.10 Å². The van der Waals surface area contributed by atoms with E-state index in [1.807, 2.05) is 6.92 Å². The molecule has 0 radical (unpaired) electrons. The van der Waals surface area contributed by atoms with Crippen molar-refractivity contribution in [3.05, 3.63) is 34.1 Å². The maximum absolute atomic E-state index is 6.04. The number of aryl methyl sites for hydroxylation is 1. The Balaban J connectivity index is 2.53. The molecule has 0 saturated carbocycles. The molecule has 0 aliphatic heterocycles. The van der Waals surface area contributed by atoms with Gasteiger partial charge in [0.2, 0.25) is 5.88 Å². The quantitative estimate of drug-likeness (QED) is 0.831. The number of hydrogen-bond acceptors (Lipinski definition) is 3. The van der Waals surface area contributed by atoms with E-state index in [0.717, 1.165) is 5.69 Å². The van der Waals surface area contributed by atoms with Crippen LogP contribution in [0.3, 0.4) is 0 Å². The smallest absolute Gasteiger partial charge is 0.233 e. The average Bonchev–Trinajstić information content (AvgIpc) is 2.60. The van der Waals surface area contributed by atoms with E-state index < -0.39 is 0 Å². The third-order valence-corrected chi connectivity index (χ3v) is 2.55. The van der Waals surface area contributed by atoms with Crippen LogP contribution in [0.15, 0.2) is 18.3 Å². The van der Waals surface area contributed by atoms with Crippen molar-refractivity contribution in [3.8, 4) is 11.7 Å². The number of aromatic nitrogens is 3. The second kappa shape index (κ2) is 4.31. The highest BCUT2D eigenvalue weighted by atomic mass is 35.5. The minimum Gasteiger partial charge on any atom is -0.480 e. The molecule has 0 N–H and O–H groups in total. The molecule has 0 bridgehead atoms. The van der Waals surface area contributed by atoms with Gasteiger partial charge in [0.15, 0.2) is 5.82 Å². The third-order valence-electron chi connectivity index (χ3n) is 2.06. The zero-order valence-electron chi connectivity index (χ0n) is 8.74. The van der Waals surface area contributed by atoms with Crippen molar-refractivity contribution in [1.29, 1.82) is 0 Å². The Hall–Kier alpha value is -1.26. The molecule has 0 unspecified atom stereocenters. The van der Waals surface area contributed by atoms with Gasteiger partial charge < -0.3 is 4.74 Å². The number of ether oxygens (including phenoxy) is 1. The van der Waals surface area contributed by atoms with E-state index in [1.165, 1.54) is 6.20 Å². The van der Waals surface area contributed by atoms with E-state index in [4.69, 9.17) is 27.9 Å². The van der Waals surface area contributed by atoms with Gasteiger partial charge in [0.25, 0.3) is 0 Å². The van der Waals surface area contributed by atoms with E-state index in [1.54, 1.807) is 23.9 Å². The SMILES string of the molecule is COc1cc(C)n(-c2ncc(Cl)cc2Cl)n1. The largest absolute Gasteiger partial charge is 0.480 e. The van der Waals surface area contributed by atoms with Crippen molar-refractivity contribution in [2.45, 2.75) is 6.92 Å². The Labute approximate surface area is 103 Å². The Morgan fingerprint density at radius 3 is 2.62 bits per heavy atom. The van der Waals surface area contributed by atoms with Crippen LogP contribution in [0.2, 0.25) is 10.0 Å². The second-order valence-electron chi connectivity index (χ2n) is 3.20. The molecule has 16 heavy (non-hydrogen) atoms. The molecule has 6 heteroatoms. The predicted octanol–water partition coefficient (Wildman–Crippen LogP) is 2.89. The first-order valence-corrected chi connectivity index (χ1v) is 5.29. The second-order valence-corrected chi connectivity index (χ2v) is 4.04. The predicted molar refractivity (Wildman–Crippen MR) is 62.7 cm³/mol. The monoisotopic (exact) mass is 257 g/mol. The highest BCUT2D eigenvalue weighted by molar-refractivity contribution is 6.35. The number of nitrogens with zero attached hydrogens (tertiary/aromatic N) is 3. The summed E-state index contributed by atoms with van der Waals surface area (Å²) in [7, 11) is 1.56. The standard InChI is InChI=1S/C10H9Cl2N3O/c1-6-3-9(16-2)14-15(6)10-8(12)4-7(11)5-13-10/h3-5H,1-2H3. The summed E-state index contributed by atoms with van der Waals surface area (Å²) >= 11 is 11.8. The summed E-state index contributed by atoms with van der Waals surface area (Å²) < 4.78 is 6.64. The number of methoxy groups -OCH3 is 1. The lowest BCUT2D eigenvalue weighted by Crippen LogP contribution is -2.02. The van der Waals surface area contributed by atoms with E-state index in [2.05, 4.69) is 10.1 Å². The van der Waals surface area contributed by atoms with Crippen LogP contribution < -0.4 is 4.74 Å². The molecule has 4 nitrogen and oxygen atoms in total. The van der Waals surface area contributed by atoms with Crippen molar-refractivity contribution >= 4 is 23.2 Å². The van der Waals surface area contributed by atoms with Gasteiger partial charge in [0, 0.05) is 18.0 Å². The summed E-state index contributed by atoms with van der Waals surface area (Å²) in [6.07, 6.45) is 1.52. The number of rotatable bonds is 2. The number of pyridine rings is 1. The third kappa shape index (κ3) is 1.99. The van der Waals surface area contributed by atoms with Crippen LogP contribution in [0, 0.1) is 6.92 Å². The Morgan fingerprint density at radius 1 is 1.31 bits per heavy atom. The zero-order valence-corrected chi connectivity index (χ0v) is 10.2. The van der Waals surface area contributed by atoms with Gasteiger partial charge in [-0.2, -0.15) is 0 Å². The average molecular weight is 258 g/mol. The van der Waals surface area contributed by atoms with Crippen LogP contribution in [0.4, 0.5) is 0 Å². The van der Waals surface area contributed by atoms with E-state index in [0.29, 0.717) is 21.7 Å². The first-order valence-electron chi connectivity index (χ1n) is 4.54. The van der Waals surface area contributed by atoms with Crippen molar-refractivity contribution < 1.29 is 4.74 Å². The van der Waals surface area contributed by atoms with Crippen molar-refractivity contribution in [3.63, 3.8) is 0 Å². The first kappa shape index (κ1) is 11.2. The van der Waals surface area contributed by atoms with E-state index in [9.17, 15) is 0 Å². The summed E-state index contributed by atoms with van der Waals surface area (Å²) in [5.74, 6) is 1.05. The molecule has 0 fully saturated rings. The fraction of sp³-hybridized carbons (Fsp3) is 0.200. The van der Waals surface area contributed by atoms with Crippen LogP contribution in [0.1, 0.15) is 5.69 Å². The van der Waals surface area contributed by atoms with Gasteiger partial charge in [0.1, 0.15) is 0 Å². The van der Waals surface area contributed by atoms with Crippen LogP contribution in [-0.4, -0.2) is 21.9 Å². The van der Waals surface area contributed by atoms with Gasteiger partial charge in [-0.05, 0) is 13.0 Å². The minimum absolute atomic E-state index is 0.446. The molecule has 84 valence electrons. The van der Waals surface area contributed by atoms with Gasteiger partial charge >= 0.3 is 0 Å². The molecule has 0 aliphatic carbocycles. The maximum atomic E-state index is 6.04. The van der Waals surface area contributed by atoms with Crippen molar-refractivity contribution in [2.24, 2.45) is 0 Å². The molecular formula is C10H9Cl2N3O. The van der Waals surface area contributed by atoms with Crippen LogP contribution in [-0.2, 0) is 0 Å². The fourth-order valence-electron chi connectivity index (χ4n) is 1.32. The lowest BCUT2D eigenvalue weighted by molar-refractivity contribution is 0.394. The summed E-state index contributed by atoms with van der Waals surface area (Å²) in [5.41, 5.74) is 0.883. The number of hydrogen-bond donors (Lipinski definition) is 0. The first-order chi connectivity index (χ1) is 7.61. The van der Waals surface area contributed by atoms with Gasteiger partial charge in [-0.25, -0.2) is 9.67 Å². The van der Waals surface area contributed by atoms with E-state index >= 15 is 0 Å². The molecule has 0 spiro atoms. The molecule has 2 rings (SSSR count). The van der Waals surface area contributed by atoms with E-state index in [-0.39, 0.29) is 0 Å². The molecular weight excluding hydrogens is 249 g/mol. The summed E-state index contributed by atoms with van der Waals surface area (Å²) in [6.45, 7) is 1.89. The normalized spacial score (nSPS) is 10.5. The van der Waals surface area contributed by atoms with Gasteiger partial charge in [-0.1, -0.05) is 23.2 Å². The number of halogens is 2. The molecule has 2 heterocycles. The Morgan fingerprint density at radius 2 is 2.06 bits per heavy atom. The molecule has 0 atom stereocenters. The van der Waals surface area contributed by atoms with Crippen molar-refractivity contribution in [2.75, 3.05) is 7.11 Å². The lowest BCUT2D eigenvalue weighted by atomic mass is 10.4. The molecule has 0 saturated heterocycles. The summed E-state index contributed by atoms with van der Waals surface area (Å²) in [6, 6.07) is 3.42. The molecule has 2 aromatic rings. The minimum atomic E-state index is 0.446. The van der Waals surface area contributed by atoms with Gasteiger partial charge in [0.05, 0.1) is 17.2 Å². The maximum Gasteiger partial charge on any atom is 0.233 e. The lowest BCUT2D eigenvalue weighted by Gasteiger charge is -2.04. The van der Waals surface area contributed by atoms with Crippen LogP contribution >= 0.6 is 23.2 Å².